The fraction of sp³-hybridized carbons (Fsp3) is 0.889. The lowest BCUT2D eigenvalue weighted by atomic mass is 10.5. The minimum Gasteiger partial charge on any atom is -0.372 e. The minimum absolute atomic E-state index is 0.0718. The van der Waals surface area contributed by atoms with E-state index in [-0.39, 0.29) is 12.5 Å². The molecule has 0 rings (SSSR count). The van der Waals surface area contributed by atoms with Crippen molar-refractivity contribution in [2.75, 3.05) is 38.8 Å². The SMILES string of the molecule is CCCOCC(=O)N(C)CCSC. The van der Waals surface area contributed by atoms with E-state index in [1.165, 1.54) is 0 Å². The number of rotatable bonds is 7. The maximum absolute atomic E-state index is 11.3. The van der Waals surface area contributed by atoms with Crippen LogP contribution in [0.5, 0.6) is 0 Å². The molecule has 0 unspecified atom stereocenters. The Labute approximate surface area is 84.8 Å². The molecule has 0 saturated heterocycles. The third-order valence-electron chi connectivity index (χ3n) is 1.63. The molecule has 0 atom stereocenters. The van der Waals surface area contributed by atoms with Crippen LogP contribution in [0.2, 0.25) is 0 Å². The lowest BCUT2D eigenvalue weighted by Crippen LogP contribution is -2.32. The van der Waals surface area contributed by atoms with Gasteiger partial charge in [0.05, 0.1) is 0 Å². The van der Waals surface area contributed by atoms with Crippen molar-refractivity contribution in [1.82, 2.24) is 4.90 Å². The van der Waals surface area contributed by atoms with Crippen LogP contribution in [-0.2, 0) is 9.53 Å². The Balaban J connectivity index is 3.45. The third kappa shape index (κ3) is 6.90. The highest BCUT2D eigenvalue weighted by molar-refractivity contribution is 7.98. The van der Waals surface area contributed by atoms with E-state index in [0.29, 0.717) is 6.61 Å². The average molecular weight is 205 g/mol. The number of nitrogens with zero attached hydrogens (tertiary/aromatic N) is 1. The smallest absolute Gasteiger partial charge is 0.248 e. The number of hydrogen-bond acceptors (Lipinski definition) is 3. The van der Waals surface area contributed by atoms with Gasteiger partial charge in [0.2, 0.25) is 5.91 Å². The second kappa shape index (κ2) is 8.38. The van der Waals surface area contributed by atoms with Crippen LogP contribution >= 0.6 is 11.8 Å². The summed E-state index contributed by atoms with van der Waals surface area (Å²) in [7, 11) is 1.81. The molecule has 1 amide bonds. The first-order valence-electron chi connectivity index (χ1n) is 4.53. The van der Waals surface area contributed by atoms with Gasteiger partial charge in [-0.05, 0) is 12.7 Å². The zero-order valence-corrected chi connectivity index (χ0v) is 9.52. The molecule has 0 aromatic heterocycles. The summed E-state index contributed by atoms with van der Waals surface area (Å²) < 4.78 is 5.15. The maximum atomic E-state index is 11.3. The Morgan fingerprint density at radius 3 is 2.77 bits per heavy atom. The summed E-state index contributed by atoms with van der Waals surface area (Å²) >= 11 is 1.74. The van der Waals surface area contributed by atoms with E-state index in [4.69, 9.17) is 4.74 Å². The van der Waals surface area contributed by atoms with Crippen molar-refractivity contribution >= 4 is 17.7 Å². The highest BCUT2D eigenvalue weighted by Gasteiger charge is 2.06. The van der Waals surface area contributed by atoms with E-state index in [1.807, 2.05) is 20.2 Å². The van der Waals surface area contributed by atoms with Gasteiger partial charge in [0, 0.05) is 26.0 Å². The summed E-state index contributed by atoms with van der Waals surface area (Å²) in [5, 5.41) is 0. The normalized spacial score (nSPS) is 10.1. The van der Waals surface area contributed by atoms with Crippen LogP contribution in [0.15, 0.2) is 0 Å². The number of likely N-dealkylation sites (N-methyl/N-ethyl adjacent to an activating group) is 1. The average Bonchev–Trinajstić information content (AvgIpc) is 2.14. The van der Waals surface area contributed by atoms with Gasteiger partial charge in [-0.2, -0.15) is 11.8 Å². The summed E-state index contributed by atoms with van der Waals surface area (Å²) in [4.78, 5) is 13.0. The number of amides is 1. The second-order valence-corrected chi connectivity index (χ2v) is 3.85. The van der Waals surface area contributed by atoms with E-state index < -0.39 is 0 Å². The van der Waals surface area contributed by atoms with E-state index in [2.05, 4.69) is 0 Å². The fourth-order valence-electron chi connectivity index (χ4n) is 0.767. The molecule has 0 aromatic rings. The first-order valence-corrected chi connectivity index (χ1v) is 5.92. The Morgan fingerprint density at radius 2 is 2.23 bits per heavy atom. The fourth-order valence-corrected chi connectivity index (χ4v) is 1.22. The number of carbonyl (C=O) groups is 1. The summed E-state index contributed by atoms with van der Waals surface area (Å²) in [5.41, 5.74) is 0. The highest BCUT2D eigenvalue weighted by Crippen LogP contribution is 1.94. The predicted octanol–water partition coefficient (Wildman–Crippen LogP) is 1.23. The molecule has 0 aliphatic carbocycles. The second-order valence-electron chi connectivity index (χ2n) is 2.86. The molecule has 0 aromatic carbocycles. The monoisotopic (exact) mass is 205 g/mol. The minimum atomic E-state index is 0.0718. The molecule has 4 heteroatoms. The van der Waals surface area contributed by atoms with Gasteiger partial charge in [-0.1, -0.05) is 6.92 Å². The molecule has 0 radical (unpaired) electrons. The van der Waals surface area contributed by atoms with E-state index in [1.54, 1.807) is 16.7 Å². The van der Waals surface area contributed by atoms with Crippen LogP contribution in [0.25, 0.3) is 0 Å². The lowest BCUT2D eigenvalue weighted by molar-refractivity contribution is -0.134. The van der Waals surface area contributed by atoms with Crippen molar-refractivity contribution < 1.29 is 9.53 Å². The molecule has 13 heavy (non-hydrogen) atoms. The van der Waals surface area contributed by atoms with Crippen LogP contribution < -0.4 is 0 Å². The first kappa shape index (κ1) is 12.8. The Hall–Kier alpha value is -0.220. The van der Waals surface area contributed by atoms with Crippen molar-refractivity contribution in [3.63, 3.8) is 0 Å². The van der Waals surface area contributed by atoms with Crippen LogP contribution in [0.4, 0.5) is 0 Å². The van der Waals surface area contributed by atoms with Gasteiger partial charge >= 0.3 is 0 Å². The van der Waals surface area contributed by atoms with Gasteiger partial charge in [0.25, 0.3) is 0 Å². The standard InChI is InChI=1S/C9H19NO2S/c1-4-6-12-8-9(11)10(2)5-7-13-3/h4-8H2,1-3H3. The molecule has 78 valence electrons. The topological polar surface area (TPSA) is 29.5 Å². The predicted molar refractivity (Wildman–Crippen MR) is 57.1 cm³/mol. The number of ether oxygens (including phenoxy) is 1. The van der Waals surface area contributed by atoms with Crippen molar-refractivity contribution in [1.29, 1.82) is 0 Å². The van der Waals surface area contributed by atoms with Gasteiger partial charge in [-0.3, -0.25) is 4.79 Å². The van der Waals surface area contributed by atoms with Crippen LogP contribution in [0.3, 0.4) is 0 Å². The Kier molecular flexibility index (Phi) is 8.24. The van der Waals surface area contributed by atoms with Gasteiger partial charge in [-0.25, -0.2) is 0 Å². The Morgan fingerprint density at radius 1 is 1.54 bits per heavy atom. The molecule has 0 N–H and O–H groups in total. The third-order valence-corrected chi connectivity index (χ3v) is 2.22. The van der Waals surface area contributed by atoms with Crippen molar-refractivity contribution in [2.45, 2.75) is 13.3 Å². The first-order chi connectivity index (χ1) is 6.22. The van der Waals surface area contributed by atoms with Crippen molar-refractivity contribution in [3.8, 4) is 0 Å². The van der Waals surface area contributed by atoms with Gasteiger partial charge < -0.3 is 9.64 Å². The van der Waals surface area contributed by atoms with E-state index >= 15 is 0 Å². The zero-order chi connectivity index (χ0) is 10.1. The quantitative estimate of drug-likeness (QED) is 0.586. The largest absolute Gasteiger partial charge is 0.372 e. The van der Waals surface area contributed by atoms with Gasteiger partial charge in [-0.15, -0.1) is 0 Å². The van der Waals surface area contributed by atoms with Crippen LogP contribution in [0, 0.1) is 0 Å². The molecule has 0 bridgehead atoms. The van der Waals surface area contributed by atoms with Gasteiger partial charge in [0.1, 0.15) is 6.61 Å². The van der Waals surface area contributed by atoms with E-state index in [9.17, 15) is 4.79 Å². The molecule has 0 spiro atoms. The molecular weight excluding hydrogens is 186 g/mol. The summed E-state index contributed by atoms with van der Waals surface area (Å²) in [5.74, 6) is 1.05. The molecule has 0 aliphatic heterocycles. The number of thioether (sulfide) groups is 1. The van der Waals surface area contributed by atoms with Crippen molar-refractivity contribution in [2.24, 2.45) is 0 Å². The Bertz CT molecular complexity index is 142. The number of hydrogen-bond donors (Lipinski definition) is 0. The summed E-state index contributed by atoms with van der Waals surface area (Å²) in [6.07, 6.45) is 2.99. The molecule has 0 fully saturated rings. The van der Waals surface area contributed by atoms with Crippen LogP contribution in [0.1, 0.15) is 13.3 Å². The molecular formula is C9H19NO2S. The molecule has 0 aliphatic rings. The highest BCUT2D eigenvalue weighted by atomic mass is 32.2. The molecule has 0 heterocycles. The van der Waals surface area contributed by atoms with Crippen LogP contribution in [-0.4, -0.2) is 49.6 Å². The van der Waals surface area contributed by atoms with Gasteiger partial charge in [0.15, 0.2) is 0 Å². The lowest BCUT2D eigenvalue weighted by Gasteiger charge is -2.16. The summed E-state index contributed by atoms with van der Waals surface area (Å²) in [6, 6.07) is 0. The van der Waals surface area contributed by atoms with Crippen molar-refractivity contribution in [3.05, 3.63) is 0 Å². The number of carbonyl (C=O) groups excluding carboxylic acids is 1. The van der Waals surface area contributed by atoms with E-state index in [0.717, 1.165) is 18.7 Å². The zero-order valence-electron chi connectivity index (χ0n) is 8.71. The molecule has 0 saturated carbocycles. The summed E-state index contributed by atoms with van der Waals surface area (Å²) in [6.45, 7) is 3.72. The maximum Gasteiger partial charge on any atom is 0.248 e. The molecule has 3 nitrogen and oxygen atoms in total.